The number of para-hydroxylation sites is 1. The highest BCUT2D eigenvalue weighted by molar-refractivity contribution is 6.38. The molecule has 5 heteroatoms. The molecule has 1 aliphatic rings. The molecule has 98 valence electrons. The summed E-state index contributed by atoms with van der Waals surface area (Å²) in [6.45, 7) is 4.32. The van der Waals surface area contributed by atoms with Crippen molar-refractivity contribution in [2.24, 2.45) is 4.99 Å². The minimum Gasteiger partial charge on any atom is -0.351 e. The van der Waals surface area contributed by atoms with E-state index in [-0.39, 0.29) is 0 Å². The van der Waals surface area contributed by atoms with Gasteiger partial charge < -0.3 is 10.6 Å². The van der Waals surface area contributed by atoms with Gasteiger partial charge in [-0.1, -0.05) is 43.1 Å². The third-order valence-corrected chi connectivity index (χ3v) is 3.78. The van der Waals surface area contributed by atoms with Gasteiger partial charge in [-0.2, -0.15) is 0 Å². The lowest BCUT2D eigenvalue weighted by atomic mass is 10.1. The quantitative estimate of drug-likeness (QED) is 0.888. The summed E-state index contributed by atoms with van der Waals surface area (Å²) in [7, 11) is 0. The van der Waals surface area contributed by atoms with Crippen LogP contribution in [0.15, 0.2) is 23.2 Å². The minimum absolute atomic E-state index is 0.412. The second-order valence-corrected chi connectivity index (χ2v) is 5.16. The first-order valence-corrected chi connectivity index (χ1v) is 6.97. The number of benzene rings is 1. The van der Waals surface area contributed by atoms with E-state index in [1.165, 1.54) is 0 Å². The van der Waals surface area contributed by atoms with Crippen LogP contribution in [0, 0.1) is 0 Å². The number of hydrogen-bond donors (Lipinski definition) is 2. The average Bonchev–Trinajstić information content (AvgIpc) is 2.76. The SMILES string of the molecule is CC[C@@H]1NC(=Nc2c(Cl)cccc2Cl)N[C@H]1CC. The Morgan fingerprint density at radius 3 is 2.00 bits per heavy atom. The molecule has 2 atom stereocenters. The third kappa shape index (κ3) is 2.73. The maximum atomic E-state index is 6.10. The van der Waals surface area contributed by atoms with Crippen molar-refractivity contribution in [1.29, 1.82) is 0 Å². The molecular weight excluding hydrogens is 269 g/mol. The molecule has 1 heterocycles. The largest absolute Gasteiger partial charge is 0.351 e. The number of hydrogen-bond acceptors (Lipinski definition) is 1. The van der Waals surface area contributed by atoms with E-state index >= 15 is 0 Å². The van der Waals surface area contributed by atoms with E-state index in [0.29, 0.717) is 27.8 Å². The maximum Gasteiger partial charge on any atom is 0.197 e. The van der Waals surface area contributed by atoms with Crippen molar-refractivity contribution >= 4 is 34.8 Å². The Balaban J connectivity index is 2.25. The van der Waals surface area contributed by atoms with Crippen molar-refractivity contribution in [3.05, 3.63) is 28.2 Å². The summed E-state index contributed by atoms with van der Waals surface area (Å²) in [6.07, 6.45) is 2.11. The Labute approximate surface area is 118 Å². The van der Waals surface area contributed by atoms with Gasteiger partial charge in [0.05, 0.1) is 10.0 Å². The van der Waals surface area contributed by atoms with E-state index in [1.54, 1.807) is 12.1 Å². The molecule has 1 aromatic rings. The second-order valence-electron chi connectivity index (χ2n) is 4.35. The molecule has 0 saturated carbocycles. The van der Waals surface area contributed by atoms with E-state index in [1.807, 2.05) is 6.07 Å². The highest BCUT2D eigenvalue weighted by atomic mass is 35.5. The molecule has 2 N–H and O–H groups in total. The summed E-state index contributed by atoms with van der Waals surface area (Å²) < 4.78 is 0. The van der Waals surface area contributed by atoms with Gasteiger partial charge in [0.15, 0.2) is 5.96 Å². The van der Waals surface area contributed by atoms with Crippen LogP contribution in [0.3, 0.4) is 0 Å². The Bertz CT molecular complexity index is 425. The highest BCUT2D eigenvalue weighted by Crippen LogP contribution is 2.32. The van der Waals surface area contributed by atoms with E-state index < -0.39 is 0 Å². The lowest BCUT2D eigenvalue weighted by molar-refractivity contribution is 0.484. The summed E-state index contributed by atoms with van der Waals surface area (Å²) in [6, 6.07) is 6.21. The Kier molecular flexibility index (Phi) is 4.36. The molecular formula is C13H17Cl2N3. The van der Waals surface area contributed by atoms with Crippen LogP contribution in [0.25, 0.3) is 0 Å². The van der Waals surface area contributed by atoms with Gasteiger partial charge in [0.1, 0.15) is 5.69 Å². The molecule has 0 bridgehead atoms. The molecule has 18 heavy (non-hydrogen) atoms. The first kappa shape index (κ1) is 13.5. The molecule has 0 aromatic heterocycles. The average molecular weight is 286 g/mol. The lowest BCUT2D eigenvalue weighted by Crippen LogP contribution is -2.31. The molecule has 1 saturated heterocycles. The van der Waals surface area contributed by atoms with Gasteiger partial charge in [-0.25, -0.2) is 4.99 Å². The normalized spacial score (nSPS) is 22.6. The standard InChI is InChI=1S/C13H17Cl2N3/c1-3-10-11(4-2)17-13(16-10)18-12-8(14)6-5-7-9(12)15/h5-7,10-11H,3-4H2,1-2H3,(H2,16,17,18)/t10-,11-/m0/s1. The number of halogens is 2. The number of nitrogens with one attached hydrogen (secondary N) is 2. The molecule has 0 radical (unpaired) electrons. The topological polar surface area (TPSA) is 36.4 Å². The first-order chi connectivity index (χ1) is 8.65. The smallest absolute Gasteiger partial charge is 0.197 e. The Morgan fingerprint density at radius 2 is 1.56 bits per heavy atom. The molecule has 1 fully saturated rings. The number of rotatable bonds is 3. The van der Waals surface area contributed by atoms with Crippen LogP contribution >= 0.6 is 23.2 Å². The van der Waals surface area contributed by atoms with Crippen LogP contribution in [0.1, 0.15) is 26.7 Å². The number of nitrogens with zero attached hydrogens (tertiary/aromatic N) is 1. The van der Waals surface area contributed by atoms with Crippen LogP contribution in [-0.2, 0) is 0 Å². The van der Waals surface area contributed by atoms with E-state index in [2.05, 4.69) is 29.5 Å². The zero-order valence-electron chi connectivity index (χ0n) is 10.5. The fraction of sp³-hybridized carbons (Fsp3) is 0.462. The molecule has 0 aliphatic carbocycles. The molecule has 1 aromatic carbocycles. The van der Waals surface area contributed by atoms with Gasteiger partial charge in [-0.05, 0) is 25.0 Å². The summed E-state index contributed by atoms with van der Waals surface area (Å²) >= 11 is 12.2. The van der Waals surface area contributed by atoms with Crippen LogP contribution in [-0.4, -0.2) is 18.0 Å². The van der Waals surface area contributed by atoms with Crippen molar-refractivity contribution in [2.75, 3.05) is 0 Å². The number of guanidine groups is 1. The predicted octanol–water partition coefficient (Wildman–Crippen LogP) is 3.73. The van der Waals surface area contributed by atoms with Crippen LogP contribution in [0.2, 0.25) is 10.0 Å². The summed E-state index contributed by atoms with van der Waals surface area (Å²) in [5.41, 5.74) is 0.613. The highest BCUT2D eigenvalue weighted by Gasteiger charge is 2.27. The van der Waals surface area contributed by atoms with Crippen LogP contribution < -0.4 is 10.6 Å². The molecule has 3 nitrogen and oxygen atoms in total. The number of aliphatic imine (C=N–C) groups is 1. The van der Waals surface area contributed by atoms with Gasteiger partial charge >= 0.3 is 0 Å². The van der Waals surface area contributed by atoms with Gasteiger partial charge in [-0.3, -0.25) is 0 Å². The zero-order valence-corrected chi connectivity index (χ0v) is 12.0. The van der Waals surface area contributed by atoms with Crippen molar-refractivity contribution in [3.63, 3.8) is 0 Å². The van der Waals surface area contributed by atoms with Crippen LogP contribution in [0.5, 0.6) is 0 Å². The van der Waals surface area contributed by atoms with E-state index in [4.69, 9.17) is 23.2 Å². The Hall–Kier alpha value is -0.930. The van der Waals surface area contributed by atoms with Gasteiger partial charge in [0, 0.05) is 12.1 Å². The van der Waals surface area contributed by atoms with E-state index in [9.17, 15) is 0 Å². The molecule has 0 spiro atoms. The van der Waals surface area contributed by atoms with Crippen molar-refractivity contribution in [2.45, 2.75) is 38.8 Å². The lowest BCUT2D eigenvalue weighted by Gasteiger charge is -2.13. The predicted molar refractivity (Wildman–Crippen MR) is 78.0 cm³/mol. The molecule has 1 aliphatic heterocycles. The Morgan fingerprint density at radius 1 is 1.06 bits per heavy atom. The van der Waals surface area contributed by atoms with Gasteiger partial charge in [0.25, 0.3) is 0 Å². The molecule has 0 amide bonds. The summed E-state index contributed by atoms with van der Waals surface area (Å²) in [4.78, 5) is 4.48. The third-order valence-electron chi connectivity index (χ3n) is 3.17. The molecule has 0 unspecified atom stereocenters. The minimum atomic E-state index is 0.412. The fourth-order valence-corrected chi connectivity index (χ4v) is 2.62. The summed E-state index contributed by atoms with van der Waals surface area (Å²) in [5.74, 6) is 0.753. The zero-order chi connectivity index (χ0) is 13.1. The van der Waals surface area contributed by atoms with Crippen molar-refractivity contribution in [1.82, 2.24) is 10.6 Å². The molecule has 2 rings (SSSR count). The van der Waals surface area contributed by atoms with Gasteiger partial charge in [0.2, 0.25) is 0 Å². The van der Waals surface area contributed by atoms with Gasteiger partial charge in [-0.15, -0.1) is 0 Å². The van der Waals surface area contributed by atoms with Crippen LogP contribution in [0.4, 0.5) is 5.69 Å². The van der Waals surface area contributed by atoms with E-state index in [0.717, 1.165) is 18.8 Å². The summed E-state index contributed by atoms with van der Waals surface area (Å²) in [5, 5.41) is 7.86. The maximum absolute atomic E-state index is 6.10. The first-order valence-electron chi connectivity index (χ1n) is 6.21. The van der Waals surface area contributed by atoms with Crippen molar-refractivity contribution in [3.8, 4) is 0 Å². The fourth-order valence-electron chi connectivity index (χ4n) is 2.14. The van der Waals surface area contributed by atoms with Crippen molar-refractivity contribution < 1.29 is 0 Å². The second kappa shape index (κ2) is 5.81. The monoisotopic (exact) mass is 285 g/mol.